The van der Waals surface area contributed by atoms with Gasteiger partial charge in [0.25, 0.3) is 0 Å². The Balaban J connectivity index is 3.10. The highest BCUT2D eigenvalue weighted by Crippen LogP contribution is 2.22. The second kappa shape index (κ2) is 4.87. The molecule has 0 fully saturated rings. The fraction of sp³-hybridized carbons (Fsp3) is 0.300. The molecule has 0 heterocycles. The number of benzene rings is 1. The van der Waals surface area contributed by atoms with E-state index < -0.39 is 34.7 Å². The van der Waals surface area contributed by atoms with Gasteiger partial charge in [-0.05, 0) is 12.5 Å². The number of anilines is 1. The van der Waals surface area contributed by atoms with Crippen molar-refractivity contribution in [2.75, 3.05) is 12.3 Å². The summed E-state index contributed by atoms with van der Waals surface area (Å²) in [5.74, 6) is -5.74. The topological polar surface area (TPSA) is 52.3 Å². The minimum Gasteiger partial charge on any atom is -0.462 e. The van der Waals surface area contributed by atoms with Gasteiger partial charge in [0, 0.05) is 0 Å². The maximum absolute atomic E-state index is 13.0. The monoisotopic (exact) mass is 233 g/mol. The Morgan fingerprint density at radius 2 is 2.00 bits per heavy atom. The van der Waals surface area contributed by atoms with Gasteiger partial charge in [0.15, 0.2) is 17.5 Å². The fourth-order valence-electron chi connectivity index (χ4n) is 1.05. The van der Waals surface area contributed by atoms with Crippen LogP contribution in [-0.4, -0.2) is 12.6 Å². The van der Waals surface area contributed by atoms with Crippen molar-refractivity contribution < 1.29 is 22.7 Å². The van der Waals surface area contributed by atoms with Crippen molar-refractivity contribution >= 4 is 11.7 Å². The number of esters is 1. The number of ether oxygens (including phenoxy) is 1. The molecule has 0 aliphatic rings. The third kappa shape index (κ3) is 2.26. The van der Waals surface area contributed by atoms with Crippen LogP contribution < -0.4 is 5.73 Å². The molecule has 0 spiro atoms. The molecule has 0 aliphatic heterocycles. The minimum atomic E-state index is -1.70. The van der Waals surface area contributed by atoms with Crippen LogP contribution in [0, 0.1) is 17.5 Å². The van der Waals surface area contributed by atoms with Crippen molar-refractivity contribution in [1.29, 1.82) is 0 Å². The summed E-state index contributed by atoms with van der Waals surface area (Å²) < 4.78 is 43.1. The van der Waals surface area contributed by atoms with Crippen LogP contribution in [0.2, 0.25) is 0 Å². The van der Waals surface area contributed by atoms with Crippen LogP contribution in [0.1, 0.15) is 23.7 Å². The second-order valence-electron chi connectivity index (χ2n) is 3.08. The lowest BCUT2D eigenvalue weighted by molar-refractivity contribution is 0.0505. The Bertz CT molecular complexity index is 421. The SMILES string of the molecule is CCCOC(=O)c1cc(F)c(F)c(F)c1N. The highest BCUT2D eigenvalue weighted by atomic mass is 19.2. The average Bonchev–Trinajstić information content (AvgIpc) is 2.28. The molecule has 0 saturated heterocycles. The summed E-state index contributed by atoms with van der Waals surface area (Å²) in [5.41, 5.74) is 3.88. The van der Waals surface area contributed by atoms with Crippen LogP contribution in [-0.2, 0) is 4.74 Å². The number of nitrogen functional groups attached to an aromatic ring is 1. The van der Waals surface area contributed by atoms with Gasteiger partial charge in [-0.1, -0.05) is 6.92 Å². The fourth-order valence-corrected chi connectivity index (χ4v) is 1.05. The van der Waals surface area contributed by atoms with Gasteiger partial charge in [-0.25, -0.2) is 18.0 Å². The number of nitrogens with two attached hydrogens (primary N) is 1. The normalized spacial score (nSPS) is 10.2. The van der Waals surface area contributed by atoms with Crippen LogP contribution in [0.5, 0.6) is 0 Å². The van der Waals surface area contributed by atoms with E-state index in [4.69, 9.17) is 5.73 Å². The first-order valence-electron chi connectivity index (χ1n) is 4.59. The van der Waals surface area contributed by atoms with Crippen molar-refractivity contribution in [3.8, 4) is 0 Å². The third-order valence-electron chi connectivity index (χ3n) is 1.86. The van der Waals surface area contributed by atoms with Gasteiger partial charge in [-0.3, -0.25) is 0 Å². The largest absolute Gasteiger partial charge is 0.462 e. The summed E-state index contributed by atoms with van der Waals surface area (Å²) >= 11 is 0. The molecular formula is C10H10F3NO2. The smallest absolute Gasteiger partial charge is 0.340 e. The van der Waals surface area contributed by atoms with Gasteiger partial charge >= 0.3 is 5.97 Å². The number of halogens is 3. The minimum absolute atomic E-state index is 0.0961. The Morgan fingerprint density at radius 3 is 2.56 bits per heavy atom. The molecule has 0 bridgehead atoms. The lowest BCUT2D eigenvalue weighted by atomic mass is 10.1. The van der Waals surface area contributed by atoms with E-state index in [1.54, 1.807) is 6.92 Å². The number of hydrogen-bond acceptors (Lipinski definition) is 3. The van der Waals surface area contributed by atoms with Gasteiger partial charge < -0.3 is 10.5 Å². The lowest BCUT2D eigenvalue weighted by Crippen LogP contribution is -2.12. The molecule has 1 aromatic carbocycles. The molecule has 0 aliphatic carbocycles. The predicted octanol–water partition coefficient (Wildman–Crippen LogP) is 2.25. The summed E-state index contributed by atoms with van der Waals surface area (Å²) in [6.45, 7) is 1.85. The van der Waals surface area contributed by atoms with Crippen LogP contribution >= 0.6 is 0 Å². The van der Waals surface area contributed by atoms with Crippen molar-refractivity contribution in [3.63, 3.8) is 0 Å². The Morgan fingerprint density at radius 1 is 1.38 bits per heavy atom. The molecule has 1 aromatic rings. The van der Waals surface area contributed by atoms with E-state index in [2.05, 4.69) is 4.74 Å². The Kier molecular flexibility index (Phi) is 3.76. The van der Waals surface area contributed by atoms with E-state index >= 15 is 0 Å². The maximum Gasteiger partial charge on any atom is 0.340 e. The van der Waals surface area contributed by atoms with Crippen molar-refractivity contribution in [2.24, 2.45) is 0 Å². The zero-order valence-electron chi connectivity index (χ0n) is 8.52. The van der Waals surface area contributed by atoms with Gasteiger partial charge in [0.05, 0.1) is 17.9 Å². The highest BCUT2D eigenvalue weighted by molar-refractivity contribution is 5.95. The summed E-state index contributed by atoms with van der Waals surface area (Å²) in [5, 5.41) is 0. The van der Waals surface area contributed by atoms with Gasteiger partial charge in [-0.2, -0.15) is 0 Å². The van der Waals surface area contributed by atoms with Gasteiger partial charge in [0.2, 0.25) is 0 Å². The second-order valence-corrected chi connectivity index (χ2v) is 3.08. The van der Waals surface area contributed by atoms with E-state index in [1.807, 2.05) is 0 Å². The molecule has 1 rings (SSSR count). The standard InChI is InChI=1S/C10H10F3NO2/c1-2-3-16-10(15)5-4-6(11)7(12)8(13)9(5)14/h4H,2-3,14H2,1H3. The van der Waals surface area contributed by atoms with Crippen LogP contribution in [0.3, 0.4) is 0 Å². The third-order valence-corrected chi connectivity index (χ3v) is 1.86. The first kappa shape index (κ1) is 12.4. The van der Waals surface area contributed by atoms with E-state index in [0.717, 1.165) is 0 Å². The van der Waals surface area contributed by atoms with Crippen molar-refractivity contribution in [2.45, 2.75) is 13.3 Å². The van der Waals surface area contributed by atoms with Crippen LogP contribution in [0.25, 0.3) is 0 Å². The maximum atomic E-state index is 13.0. The molecule has 0 amide bonds. The van der Waals surface area contributed by atoms with Gasteiger partial charge in [-0.15, -0.1) is 0 Å². The van der Waals surface area contributed by atoms with Crippen molar-refractivity contribution in [1.82, 2.24) is 0 Å². The van der Waals surface area contributed by atoms with Crippen molar-refractivity contribution in [3.05, 3.63) is 29.1 Å². The zero-order valence-corrected chi connectivity index (χ0v) is 8.52. The van der Waals surface area contributed by atoms with Crippen LogP contribution in [0.15, 0.2) is 6.07 Å². The molecule has 3 nitrogen and oxygen atoms in total. The highest BCUT2D eigenvalue weighted by Gasteiger charge is 2.21. The van der Waals surface area contributed by atoms with E-state index in [-0.39, 0.29) is 6.61 Å². The van der Waals surface area contributed by atoms with E-state index in [1.165, 1.54) is 0 Å². The molecule has 16 heavy (non-hydrogen) atoms. The average molecular weight is 233 g/mol. The lowest BCUT2D eigenvalue weighted by Gasteiger charge is -2.07. The van der Waals surface area contributed by atoms with E-state index in [9.17, 15) is 18.0 Å². The first-order valence-corrected chi connectivity index (χ1v) is 4.59. The van der Waals surface area contributed by atoms with Crippen LogP contribution in [0.4, 0.5) is 18.9 Å². The molecule has 0 radical (unpaired) electrons. The quantitative estimate of drug-likeness (QED) is 0.495. The van der Waals surface area contributed by atoms with Gasteiger partial charge in [0.1, 0.15) is 0 Å². The molecule has 0 unspecified atom stereocenters. The molecular weight excluding hydrogens is 223 g/mol. The first-order chi connectivity index (χ1) is 7.49. The predicted molar refractivity (Wildman–Crippen MR) is 51.3 cm³/mol. The zero-order chi connectivity index (χ0) is 12.3. The summed E-state index contributed by atoms with van der Waals surface area (Å²) in [7, 11) is 0. The van der Waals surface area contributed by atoms with E-state index in [0.29, 0.717) is 12.5 Å². The molecule has 88 valence electrons. The Hall–Kier alpha value is -1.72. The summed E-state index contributed by atoms with van der Waals surface area (Å²) in [6.07, 6.45) is 0.553. The number of hydrogen-bond donors (Lipinski definition) is 1. The molecule has 0 aromatic heterocycles. The number of carbonyl (C=O) groups is 1. The Labute approximate surface area is 90.0 Å². The molecule has 6 heteroatoms. The molecule has 0 atom stereocenters. The number of rotatable bonds is 3. The number of carbonyl (C=O) groups excluding carboxylic acids is 1. The molecule has 0 saturated carbocycles. The molecule has 2 N–H and O–H groups in total. The summed E-state index contributed by atoms with van der Waals surface area (Å²) in [6, 6.07) is 0.520. The summed E-state index contributed by atoms with van der Waals surface area (Å²) in [4.78, 5) is 11.3.